The van der Waals surface area contributed by atoms with E-state index in [-0.39, 0.29) is 0 Å². The third kappa shape index (κ3) is 4.14. The molecule has 0 spiro atoms. The molecule has 2 heterocycles. The van der Waals surface area contributed by atoms with Crippen molar-refractivity contribution in [2.75, 3.05) is 6.16 Å². The summed E-state index contributed by atoms with van der Waals surface area (Å²) in [4.78, 5) is 29.1. The molecule has 1 aromatic carbocycles. The van der Waals surface area contributed by atoms with Gasteiger partial charge in [0, 0.05) is 11.1 Å². The molecule has 1 aliphatic rings. The van der Waals surface area contributed by atoms with E-state index in [0.717, 1.165) is 4.68 Å². The Balaban J connectivity index is 1.82. The van der Waals surface area contributed by atoms with Crippen LogP contribution >= 0.6 is 7.60 Å². The summed E-state index contributed by atoms with van der Waals surface area (Å²) in [7, 11) is -4.55. The van der Waals surface area contributed by atoms with Crippen LogP contribution in [0.3, 0.4) is 0 Å². The Hall–Kier alpha value is -1.98. The Morgan fingerprint density at radius 1 is 1.26 bits per heavy atom. The van der Waals surface area contributed by atoms with Crippen LogP contribution in [-0.4, -0.2) is 77.0 Å². The summed E-state index contributed by atoms with van der Waals surface area (Å²) >= 11 is 0. The molecule has 1 fully saturated rings. The first-order chi connectivity index (χ1) is 12.7. The van der Waals surface area contributed by atoms with Crippen molar-refractivity contribution in [2.45, 2.75) is 30.6 Å². The van der Waals surface area contributed by atoms with Gasteiger partial charge in [-0.25, -0.2) is 4.68 Å². The second-order valence-electron chi connectivity index (χ2n) is 6.18. The Morgan fingerprint density at radius 2 is 1.96 bits per heavy atom. The molecule has 5 atom stereocenters. The lowest BCUT2D eigenvalue weighted by Crippen LogP contribution is -2.40. The molecule has 1 saturated heterocycles. The maximum atomic E-state index is 11.1. The smallest absolute Gasteiger partial charge is 0.328 e. The summed E-state index contributed by atoms with van der Waals surface area (Å²) in [5, 5.41) is 37.9. The maximum absolute atomic E-state index is 11.1. The predicted molar refractivity (Wildman–Crippen MR) is 89.7 cm³/mol. The minimum Gasteiger partial charge on any atom is -0.390 e. The molecule has 1 aliphatic heterocycles. The summed E-state index contributed by atoms with van der Waals surface area (Å²) in [5.74, 6) is 0. The molecule has 12 heteroatoms. The van der Waals surface area contributed by atoms with Gasteiger partial charge in [-0.1, -0.05) is 29.5 Å². The van der Waals surface area contributed by atoms with Crippen LogP contribution in [0.4, 0.5) is 0 Å². The summed E-state index contributed by atoms with van der Waals surface area (Å²) in [6.45, 7) is 0. The molecule has 0 unspecified atom stereocenters. The zero-order valence-electron chi connectivity index (χ0n) is 13.8. The third-order valence-electron chi connectivity index (χ3n) is 4.21. The van der Waals surface area contributed by atoms with Gasteiger partial charge in [0.2, 0.25) is 0 Å². The molecule has 11 nitrogen and oxygen atoms in total. The number of aldehydes is 1. The van der Waals surface area contributed by atoms with E-state index in [0.29, 0.717) is 23.1 Å². The van der Waals surface area contributed by atoms with Crippen molar-refractivity contribution in [3.63, 3.8) is 0 Å². The van der Waals surface area contributed by atoms with Crippen molar-refractivity contribution in [1.29, 1.82) is 0 Å². The van der Waals surface area contributed by atoms with Gasteiger partial charge < -0.3 is 29.8 Å². The number of nitrogens with zero attached hydrogens (tertiary/aromatic N) is 3. The van der Waals surface area contributed by atoms with Crippen molar-refractivity contribution >= 4 is 13.9 Å². The van der Waals surface area contributed by atoms with Gasteiger partial charge in [0.25, 0.3) is 0 Å². The van der Waals surface area contributed by atoms with E-state index >= 15 is 0 Å². The molecule has 0 radical (unpaired) electrons. The van der Waals surface area contributed by atoms with Gasteiger partial charge >= 0.3 is 7.60 Å². The van der Waals surface area contributed by atoms with Gasteiger partial charge in [0.1, 0.15) is 24.0 Å². The van der Waals surface area contributed by atoms with Crippen LogP contribution in [-0.2, 0) is 9.30 Å². The number of hydrogen-bond donors (Lipinski definition) is 5. The molecule has 5 N–H and O–H groups in total. The van der Waals surface area contributed by atoms with Crippen LogP contribution in [0.15, 0.2) is 30.5 Å². The molecule has 0 amide bonds. The van der Waals surface area contributed by atoms with E-state index in [9.17, 15) is 24.7 Å². The lowest BCUT2D eigenvalue weighted by atomic mass is 10.1. The molecule has 0 aliphatic carbocycles. The van der Waals surface area contributed by atoms with Crippen molar-refractivity contribution < 1.29 is 39.2 Å². The van der Waals surface area contributed by atoms with E-state index in [1.54, 1.807) is 24.3 Å². The van der Waals surface area contributed by atoms with E-state index in [4.69, 9.17) is 14.5 Å². The summed E-state index contributed by atoms with van der Waals surface area (Å²) in [6, 6.07) is 6.65. The van der Waals surface area contributed by atoms with Gasteiger partial charge in [-0.15, -0.1) is 5.10 Å². The number of rotatable bonds is 6. The number of ether oxygens (including phenoxy) is 1. The maximum Gasteiger partial charge on any atom is 0.328 e. The Bertz CT molecular complexity index is 868. The highest BCUT2D eigenvalue weighted by molar-refractivity contribution is 7.51. The van der Waals surface area contributed by atoms with Crippen LogP contribution in [0.5, 0.6) is 0 Å². The fraction of sp³-hybridized carbons (Fsp3) is 0.400. The first-order valence-electron chi connectivity index (χ1n) is 7.92. The highest BCUT2D eigenvalue weighted by Gasteiger charge is 2.48. The molecule has 2 aromatic rings. The fourth-order valence-electron chi connectivity index (χ4n) is 2.93. The van der Waals surface area contributed by atoms with Crippen LogP contribution in [0.25, 0.3) is 11.3 Å². The Morgan fingerprint density at radius 3 is 2.63 bits per heavy atom. The molecule has 0 saturated carbocycles. The number of carbonyl (C=O) groups is 1. The Kier molecular flexibility index (Phi) is 5.54. The lowest BCUT2D eigenvalue weighted by Gasteiger charge is -2.21. The molecule has 3 rings (SSSR count). The number of aromatic nitrogens is 3. The van der Waals surface area contributed by atoms with Crippen molar-refractivity contribution in [2.24, 2.45) is 0 Å². The average Bonchev–Trinajstić information content (AvgIpc) is 3.19. The topological polar surface area (TPSA) is 175 Å². The third-order valence-corrected chi connectivity index (χ3v) is 5.06. The van der Waals surface area contributed by atoms with E-state index in [1.165, 1.54) is 6.20 Å². The molecular formula is C15H18N3O8P. The first kappa shape index (κ1) is 19.8. The summed E-state index contributed by atoms with van der Waals surface area (Å²) in [5.41, 5.74) is 1.21. The van der Waals surface area contributed by atoms with E-state index in [1.807, 2.05) is 0 Å². The van der Waals surface area contributed by atoms with Gasteiger partial charge in [0.15, 0.2) is 12.5 Å². The van der Waals surface area contributed by atoms with Crippen LogP contribution in [0.1, 0.15) is 16.6 Å². The van der Waals surface area contributed by atoms with Crippen molar-refractivity contribution in [1.82, 2.24) is 15.0 Å². The number of benzene rings is 1. The highest BCUT2D eigenvalue weighted by atomic mass is 31.2. The number of aliphatic hydroxyl groups excluding tert-OH is 3. The number of carbonyl (C=O) groups excluding carboxylic acids is 1. The second kappa shape index (κ2) is 7.56. The standard InChI is InChI=1S/C15H18N3O8P/c19-6-8-3-1-2-4-9(8)10-5-18(17-16-10)15-13(22)12(21)14(26-15)11(20)7-27(23,24)25/h1-6,11-15,20-22H,7H2,(H2,23,24,25)/t11-,12+,13-,14-,15-/m1/s1. The minimum absolute atomic E-state index is 0.321. The zero-order chi connectivity index (χ0) is 19.8. The van der Waals surface area contributed by atoms with Crippen LogP contribution in [0.2, 0.25) is 0 Å². The van der Waals surface area contributed by atoms with Gasteiger partial charge in [-0.2, -0.15) is 0 Å². The SMILES string of the molecule is O=Cc1ccccc1-c1cn([C@@H]2O[C@H]([C@H](O)CP(=O)(O)O)[C@@H](O)[C@H]2O)nn1. The largest absolute Gasteiger partial charge is 0.390 e. The number of hydrogen-bond acceptors (Lipinski definition) is 8. The predicted octanol–water partition coefficient (Wildman–Crippen LogP) is -1.08. The average molecular weight is 399 g/mol. The highest BCUT2D eigenvalue weighted by Crippen LogP contribution is 2.39. The number of aliphatic hydroxyl groups is 3. The van der Waals surface area contributed by atoms with Crippen LogP contribution < -0.4 is 0 Å². The van der Waals surface area contributed by atoms with Gasteiger partial charge in [-0.05, 0) is 0 Å². The van der Waals surface area contributed by atoms with Gasteiger partial charge in [-0.3, -0.25) is 9.36 Å². The first-order valence-corrected chi connectivity index (χ1v) is 9.71. The Labute approximate surface area is 153 Å². The van der Waals surface area contributed by atoms with Crippen molar-refractivity contribution in [3.05, 3.63) is 36.0 Å². The molecule has 27 heavy (non-hydrogen) atoms. The normalized spacial score (nSPS) is 26.9. The van der Waals surface area contributed by atoms with Crippen molar-refractivity contribution in [3.8, 4) is 11.3 Å². The quantitative estimate of drug-likeness (QED) is 0.297. The van der Waals surface area contributed by atoms with Crippen LogP contribution in [0, 0.1) is 0 Å². The van der Waals surface area contributed by atoms with E-state index < -0.39 is 44.4 Å². The minimum atomic E-state index is -4.55. The molecule has 0 bridgehead atoms. The molecular weight excluding hydrogens is 381 g/mol. The molecule has 146 valence electrons. The monoisotopic (exact) mass is 399 g/mol. The lowest BCUT2D eigenvalue weighted by molar-refractivity contribution is -0.0832. The summed E-state index contributed by atoms with van der Waals surface area (Å²) in [6.07, 6.45) is -6.34. The zero-order valence-corrected chi connectivity index (χ0v) is 14.7. The summed E-state index contributed by atoms with van der Waals surface area (Å²) < 4.78 is 17.5. The van der Waals surface area contributed by atoms with E-state index in [2.05, 4.69) is 10.3 Å². The van der Waals surface area contributed by atoms with Gasteiger partial charge in [0.05, 0.1) is 18.5 Å². The fourth-order valence-corrected chi connectivity index (χ4v) is 3.62. The molecule has 1 aromatic heterocycles. The second-order valence-corrected chi connectivity index (χ2v) is 7.87.